The van der Waals surface area contributed by atoms with Gasteiger partial charge in [0.05, 0.1) is 17.2 Å². The van der Waals surface area contributed by atoms with Crippen LogP contribution >= 0.6 is 11.3 Å². The normalized spacial score (nSPS) is 20.7. The first-order chi connectivity index (χ1) is 12.8. The van der Waals surface area contributed by atoms with E-state index in [1.165, 1.54) is 0 Å². The molecule has 0 unspecified atom stereocenters. The van der Waals surface area contributed by atoms with Crippen molar-refractivity contribution in [1.29, 1.82) is 0 Å². The number of rotatable bonds is 3. The van der Waals surface area contributed by atoms with E-state index in [0.29, 0.717) is 6.04 Å². The number of thiophene rings is 1. The fraction of sp³-hybridized carbons (Fsp3) is 0.316. The summed E-state index contributed by atoms with van der Waals surface area (Å²) in [4.78, 5) is 11.0. The summed E-state index contributed by atoms with van der Waals surface area (Å²) in [6.07, 6.45) is 7.19. The van der Waals surface area contributed by atoms with Crippen LogP contribution in [0, 0.1) is 0 Å². The second-order valence-corrected chi connectivity index (χ2v) is 7.82. The molecule has 4 aromatic rings. The Morgan fingerprint density at radius 3 is 2.85 bits per heavy atom. The quantitative estimate of drug-likeness (QED) is 0.579. The van der Waals surface area contributed by atoms with Crippen molar-refractivity contribution in [1.82, 2.24) is 19.6 Å². The smallest absolute Gasteiger partial charge is 0.154 e. The monoisotopic (exact) mass is 365 g/mol. The summed E-state index contributed by atoms with van der Waals surface area (Å²) < 4.78 is 1.89. The summed E-state index contributed by atoms with van der Waals surface area (Å²) in [5.41, 5.74) is 1.81. The third-order valence-corrected chi connectivity index (χ3v) is 6.04. The predicted octanol–water partition coefficient (Wildman–Crippen LogP) is 3.72. The maximum absolute atomic E-state index is 9.67. The molecule has 0 aliphatic heterocycles. The van der Waals surface area contributed by atoms with Crippen molar-refractivity contribution in [3.8, 4) is 10.6 Å². The standard InChI is InChI=1S/C19H19N5OS/c25-14-5-3-13(4-6-14)22-17-7-8-18-21-11-15(24(18)23-17)16-10-12-2-1-9-20-19(12)26-16/h1-2,7-11,13-14,25H,3-6H2,(H,22,23)/t13-,14-. The number of hydrogen-bond donors (Lipinski definition) is 2. The SMILES string of the molecule is O[C@H]1CC[C@H](Nc2ccc3ncc(-c4cc5cccnc5s4)n3n2)CC1. The van der Waals surface area contributed by atoms with Gasteiger partial charge in [-0.3, -0.25) is 0 Å². The Balaban J connectivity index is 1.49. The number of aliphatic hydroxyl groups is 1. The molecule has 26 heavy (non-hydrogen) atoms. The molecular weight excluding hydrogens is 346 g/mol. The Morgan fingerprint density at radius 1 is 1.12 bits per heavy atom. The van der Waals surface area contributed by atoms with Crippen LogP contribution in [0.5, 0.6) is 0 Å². The zero-order chi connectivity index (χ0) is 17.5. The summed E-state index contributed by atoms with van der Waals surface area (Å²) in [7, 11) is 0. The van der Waals surface area contributed by atoms with Crippen LogP contribution in [0.2, 0.25) is 0 Å². The molecule has 0 saturated heterocycles. The molecule has 0 bridgehead atoms. The van der Waals surface area contributed by atoms with Gasteiger partial charge in [-0.15, -0.1) is 16.4 Å². The second-order valence-electron chi connectivity index (χ2n) is 6.79. The van der Waals surface area contributed by atoms with Gasteiger partial charge in [0, 0.05) is 17.6 Å². The molecule has 4 heterocycles. The van der Waals surface area contributed by atoms with E-state index in [0.717, 1.165) is 57.9 Å². The number of fused-ring (bicyclic) bond motifs is 2. The number of hydrogen-bond acceptors (Lipinski definition) is 6. The van der Waals surface area contributed by atoms with Crippen LogP contribution in [0.15, 0.2) is 42.7 Å². The van der Waals surface area contributed by atoms with Crippen LogP contribution in [0.4, 0.5) is 5.82 Å². The molecule has 7 heteroatoms. The van der Waals surface area contributed by atoms with Gasteiger partial charge in [-0.2, -0.15) is 0 Å². The molecule has 1 aliphatic carbocycles. The molecule has 1 fully saturated rings. The minimum atomic E-state index is -0.148. The third-order valence-electron chi connectivity index (χ3n) is 4.96. The van der Waals surface area contributed by atoms with Gasteiger partial charge in [-0.25, -0.2) is 14.5 Å². The Labute approximate surface area is 154 Å². The van der Waals surface area contributed by atoms with Crippen molar-refractivity contribution in [3.05, 3.63) is 42.7 Å². The Bertz CT molecular complexity index is 1030. The maximum atomic E-state index is 9.67. The zero-order valence-corrected chi connectivity index (χ0v) is 15.0. The zero-order valence-electron chi connectivity index (χ0n) is 14.2. The molecule has 0 amide bonds. The van der Waals surface area contributed by atoms with Crippen LogP contribution in [-0.4, -0.2) is 36.8 Å². The van der Waals surface area contributed by atoms with Gasteiger partial charge in [-0.1, -0.05) is 6.07 Å². The van der Waals surface area contributed by atoms with E-state index < -0.39 is 0 Å². The number of nitrogens with one attached hydrogen (secondary N) is 1. The number of anilines is 1. The average Bonchev–Trinajstić information content (AvgIpc) is 3.26. The highest BCUT2D eigenvalue weighted by atomic mass is 32.1. The van der Waals surface area contributed by atoms with Gasteiger partial charge in [0.2, 0.25) is 0 Å². The van der Waals surface area contributed by atoms with E-state index in [1.54, 1.807) is 11.3 Å². The maximum Gasteiger partial charge on any atom is 0.154 e. The fourth-order valence-electron chi connectivity index (χ4n) is 3.55. The summed E-state index contributed by atoms with van der Waals surface area (Å²) in [5, 5.41) is 19.1. The lowest BCUT2D eigenvalue weighted by Gasteiger charge is -2.26. The number of pyridine rings is 1. The first-order valence-electron chi connectivity index (χ1n) is 8.90. The van der Waals surface area contributed by atoms with Crippen LogP contribution in [-0.2, 0) is 0 Å². The van der Waals surface area contributed by atoms with Crippen LogP contribution in [0.1, 0.15) is 25.7 Å². The van der Waals surface area contributed by atoms with Gasteiger partial charge in [0.25, 0.3) is 0 Å². The predicted molar refractivity (Wildman–Crippen MR) is 103 cm³/mol. The molecular formula is C19H19N5OS. The largest absolute Gasteiger partial charge is 0.393 e. The Morgan fingerprint density at radius 2 is 2.00 bits per heavy atom. The Hall–Kier alpha value is -2.51. The summed E-state index contributed by atoms with van der Waals surface area (Å²) in [5.74, 6) is 0.845. The minimum Gasteiger partial charge on any atom is -0.393 e. The van der Waals surface area contributed by atoms with Crippen molar-refractivity contribution >= 4 is 33.0 Å². The fourth-order valence-corrected chi connectivity index (χ4v) is 4.54. The van der Waals surface area contributed by atoms with Crippen LogP contribution < -0.4 is 5.32 Å². The Kier molecular flexibility index (Phi) is 3.83. The van der Waals surface area contributed by atoms with E-state index in [2.05, 4.69) is 27.4 Å². The van der Waals surface area contributed by atoms with Gasteiger partial charge >= 0.3 is 0 Å². The highest BCUT2D eigenvalue weighted by molar-refractivity contribution is 7.21. The van der Waals surface area contributed by atoms with Crippen LogP contribution in [0.3, 0.4) is 0 Å². The summed E-state index contributed by atoms with van der Waals surface area (Å²) in [6, 6.07) is 10.5. The van der Waals surface area contributed by atoms with Gasteiger partial charge in [-0.05, 0) is 49.9 Å². The van der Waals surface area contributed by atoms with E-state index in [-0.39, 0.29) is 6.10 Å². The molecule has 5 rings (SSSR count). The number of aromatic nitrogens is 4. The molecule has 0 aromatic carbocycles. The van der Waals surface area contributed by atoms with Gasteiger partial charge in [0.15, 0.2) is 5.65 Å². The number of nitrogens with zero attached hydrogens (tertiary/aromatic N) is 4. The highest BCUT2D eigenvalue weighted by Gasteiger charge is 2.20. The van der Waals surface area contributed by atoms with E-state index in [1.807, 2.05) is 35.1 Å². The molecule has 1 saturated carbocycles. The third kappa shape index (κ3) is 2.83. The highest BCUT2D eigenvalue weighted by Crippen LogP contribution is 2.32. The van der Waals surface area contributed by atoms with Gasteiger partial charge in [0.1, 0.15) is 16.3 Å². The number of imidazole rings is 1. The first kappa shape index (κ1) is 15.7. The van der Waals surface area contributed by atoms with Crippen molar-refractivity contribution in [2.75, 3.05) is 5.32 Å². The van der Waals surface area contributed by atoms with E-state index in [9.17, 15) is 5.11 Å². The molecule has 6 nitrogen and oxygen atoms in total. The lowest BCUT2D eigenvalue weighted by Crippen LogP contribution is -2.28. The average molecular weight is 365 g/mol. The molecule has 0 radical (unpaired) electrons. The number of aliphatic hydroxyl groups excluding tert-OH is 1. The second kappa shape index (κ2) is 6.34. The van der Waals surface area contributed by atoms with Crippen molar-refractivity contribution in [2.24, 2.45) is 0 Å². The molecule has 4 aromatic heterocycles. The van der Waals surface area contributed by atoms with Crippen LogP contribution in [0.25, 0.3) is 26.4 Å². The lowest BCUT2D eigenvalue weighted by atomic mass is 9.93. The van der Waals surface area contributed by atoms with E-state index >= 15 is 0 Å². The van der Waals surface area contributed by atoms with Gasteiger partial charge < -0.3 is 10.4 Å². The topological polar surface area (TPSA) is 75.3 Å². The molecule has 0 atom stereocenters. The van der Waals surface area contributed by atoms with Crippen molar-refractivity contribution < 1.29 is 5.11 Å². The molecule has 1 aliphatic rings. The van der Waals surface area contributed by atoms with Crippen molar-refractivity contribution in [3.63, 3.8) is 0 Å². The molecule has 0 spiro atoms. The van der Waals surface area contributed by atoms with Crippen molar-refractivity contribution in [2.45, 2.75) is 37.8 Å². The molecule has 132 valence electrons. The molecule has 2 N–H and O–H groups in total. The first-order valence-corrected chi connectivity index (χ1v) is 9.72. The summed E-state index contributed by atoms with van der Waals surface area (Å²) in [6.45, 7) is 0. The lowest BCUT2D eigenvalue weighted by molar-refractivity contribution is 0.126. The summed E-state index contributed by atoms with van der Waals surface area (Å²) >= 11 is 1.65. The minimum absolute atomic E-state index is 0.148. The van der Waals surface area contributed by atoms with E-state index in [4.69, 9.17) is 5.10 Å².